The minimum absolute atomic E-state index is 0.236. The maximum absolute atomic E-state index is 10.2. The van der Waals surface area contributed by atoms with E-state index in [1.165, 1.54) is 0 Å². The lowest BCUT2D eigenvalue weighted by atomic mass is 9.91. The summed E-state index contributed by atoms with van der Waals surface area (Å²) in [6, 6.07) is 11.8. The number of ether oxygens (including phenoxy) is 4. The molecule has 30 heavy (non-hydrogen) atoms. The fourth-order valence-electron chi connectivity index (χ4n) is 3.98. The molecular formula is C23H28O7. The van der Waals surface area contributed by atoms with Gasteiger partial charge in [0.2, 0.25) is 0 Å². The minimum Gasteiger partial charge on any atom is -0.494 e. The lowest BCUT2D eigenvalue weighted by molar-refractivity contribution is -0.181. The molecule has 0 aliphatic carbocycles. The summed E-state index contributed by atoms with van der Waals surface area (Å²) < 4.78 is 23.1. The third-order valence-electron chi connectivity index (χ3n) is 5.49. The molecule has 1 fully saturated rings. The Morgan fingerprint density at radius 2 is 1.83 bits per heavy atom. The Hall–Kier alpha value is -2.32. The van der Waals surface area contributed by atoms with E-state index in [4.69, 9.17) is 18.9 Å². The maximum Gasteiger partial charge on any atom is 0.164 e. The molecule has 3 N–H and O–H groups in total. The summed E-state index contributed by atoms with van der Waals surface area (Å²) in [7, 11) is 0. The van der Waals surface area contributed by atoms with Gasteiger partial charge in [-0.2, -0.15) is 0 Å². The van der Waals surface area contributed by atoms with Crippen molar-refractivity contribution in [3.8, 4) is 17.2 Å². The number of fused-ring (bicyclic) bond motifs is 1. The summed E-state index contributed by atoms with van der Waals surface area (Å²) in [4.78, 5) is 0. The predicted octanol–water partition coefficient (Wildman–Crippen LogP) is 1.99. The van der Waals surface area contributed by atoms with Crippen LogP contribution in [-0.2, 0) is 11.2 Å². The van der Waals surface area contributed by atoms with E-state index < -0.39 is 24.4 Å². The minimum atomic E-state index is -1.10. The molecule has 0 amide bonds. The SMILES string of the molecule is CCOc1ccc(Cc2cc(C3CC(O)C(O)C(CO)O3)cc3c2OCCO3)cc1. The molecule has 2 aromatic carbocycles. The summed E-state index contributed by atoms with van der Waals surface area (Å²) in [6.07, 6.45) is -2.50. The van der Waals surface area contributed by atoms with E-state index in [2.05, 4.69) is 0 Å². The van der Waals surface area contributed by atoms with Gasteiger partial charge in [-0.25, -0.2) is 0 Å². The van der Waals surface area contributed by atoms with Gasteiger partial charge in [-0.3, -0.25) is 0 Å². The van der Waals surface area contributed by atoms with Crippen LogP contribution < -0.4 is 14.2 Å². The largest absolute Gasteiger partial charge is 0.494 e. The van der Waals surface area contributed by atoms with Crippen molar-refractivity contribution in [2.24, 2.45) is 0 Å². The van der Waals surface area contributed by atoms with Crippen LogP contribution in [0.2, 0.25) is 0 Å². The lowest BCUT2D eigenvalue weighted by Gasteiger charge is -2.37. The first-order valence-electron chi connectivity index (χ1n) is 10.4. The van der Waals surface area contributed by atoms with E-state index in [0.717, 1.165) is 22.4 Å². The van der Waals surface area contributed by atoms with Crippen LogP contribution in [0.3, 0.4) is 0 Å². The second-order valence-corrected chi connectivity index (χ2v) is 7.60. The Morgan fingerprint density at radius 1 is 1.07 bits per heavy atom. The van der Waals surface area contributed by atoms with E-state index in [-0.39, 0.29) is 13.0 Å². The van der Waals surface area contributed by atoms with Crippen molar-refractivity contribution in [1.29, 1.82) is 0 Å². The van der Waals surface area contributed by atoms with Crippen molar-refractivity contribution in [3.05, 3.63) is 53.1 Å². The molecule has 0 aromatic heterocycles. The standard InChI is InChI=1S/C23H28O7/c1-2-27-17-5-3-14(4-6-17)9-16-10-15(11-20-23(16)29-8-7-28-20)19-12-18(25)22(26)21(13-24)30-19/h3-6,10-11,18-19,21-22,24-26H,2,7-9,12-13H2,1H3. The topological polar surface area (TPSA) is 97.6 Å². The highest BCUT2D eigenvalue weighted by Gasteiger charge is 2.37. The van der Waals surface area contributed by atoms with Crippen LogP contribution >= 0.6 is 0 Å². The normalized spacial score (nSPS) is 25.7. The van der Waals surface area contributed by atoms with E-state index in [9.17, 15) is 15.3 Å². The second kappa shape index (κ2) is 9.22. The Morgan fingerprint density at radius 3 is 2.57 bits per heavy atom. The molecule has 2 heterocycles. The van der Waals surface area contributed by atoms with Crippen LogP contribution in [0.25, 0.3) is 0 Å². The van der Waals surface area contributed by atoms with Gasteiger partial charge in [0.1, 0.15) is 31.2 Å². The molecule has 7 heteroatoms. The van der Waals surface area contributed by atoms with Gasteiger partial charge in [-0.1, -0.05) is 12.1 Å². The zero-order chi connectivity index (χ0) is 21.1. The number of benzene rings is 2. The maximum atomic E-state index is 10.2. The van der Waals surface area contributed by atoms with Crippen LogP contribution in [0, 0.1) is 0 Å². The number of hydrogen-bond donors (Lipinski definition) is 3. The summed E-state index contributed by atoms with van der Waals surface area (Å²) in [5, 5.41) is 29.7. The molecule has 4 unspecified atom stereocenters. The molecule has 2 aliphatic heterocycles. The zero-order valence-corrected chi connectivity index (χ0v) is 17.0. The molecule has 2 aromatic rings. The second-order valence-electron chi connectivity index (χ2n) is 7.60. The molecule has 0 bridgehead atoms. The number of rotatable bonds is 6. The summed E-state index contributed by atoms with van der Waals surface area (Å²) >= 11 is 0. The Kier molecular flexibility index (Phi) is 6.43. The summed E-state index contributed by atoms with van der Waals surface area (Å²) in [5.41, 5.74) is 2.88. The molecule has 1 saturated heterocycles. The number of aliphatic hydroxyl groups excluding tert-OH is 3. The smallest absolute Gasteiger partial charge is 0.164 e. The van der Waals surface area contributed by atoms with Gasteiger partial charge in [0.05, 0.1) is 25.4 Å². The molecule has 0 saturated carbocycles. The van der Waals surface area contributed by atoms with Crippen LogP contribution in [0.4, 0.5) is 0 Å². The monoisotopic (exact) mass is 416 g/mol. The Balaban J connectivity index is 1.63. The fourth-order valence-corrected chi connectivity index (χ4v) is 3.98. The van der Waals surface area contributed by atoms with Gasteiger partial charge in [0.25, 0.3) is 0 Å². The highest BCUT2D eigenvalue weighted by atomic mass is 16.6. The molecule has 4 atom stereocenters. The predicted molar refractivity (Wildman–Crippen MR) is 109 cm³/mol. The molecule has 2 aliphatic rings. The average Bonchev–Trinajstić information content (AvgIpc) is 2.77. The molecular weight excluding hydrogens is 388 g/mol. The Bertz CT molecular complexity index is 851. The summed E-state index contributed by atoms with van der Waals surface area (Å²) in [6.45, 7) is 3.16. The highest BCUT2D eigenvalue weighted by Crippen LogP contribution is 2.41. The van der Waals surface area contributed by atoms with Gasteiger partial charge in [-0.05, 0) is 42.3 Å². The zero-order valence-electron chi connectivity index (χ0n) is 17.0. The van der Waals surface area contributed by atoms with Gasteiger partial charge < -0.3 is 34.3 Å². The van der Waals surface area contributed by atoms with Crippen molar-refractivity contribution < 1.29 is 34.3 Å². The molecule has 162 valence electrons. The quantitative estimate of drug-likeness (QED) is 0.663. The molecule has 0 radical (unpaired) electrons. The van der Waals surface area contributed by atoms with Gasteiger partial charge in [0, 0.05) is 18.4 Å². The van der Waals surface area contributed by atoms with Crippen LogP contribution in [0.1, 0.15) is 36.1 Å². The van der Waals surface area contributed by atoms with Crippen LogP contribution in [0.5, 0.6) is 17.2 Å². The first kappa shape index (κ1) is 20.9. The van der Waals surface area contributed by atoms with E-state index in [1.54, 1.807) is 0 Å². The number of aliphatic hydroxyl groups is 3. The van der Waals surface area contributed by atoms with Crippen molar-refractivity contribution in [1.82, 2.24) is 0 Å². The van der Waals surface area contributed by atoms with Crippen molar-refractivity contribution in [3.63, 3.8) is 0 Å². The number of hydrogen-bond acceptors (Lipinski definition) is 7. The van der Waals surface area contributed by atoms with Crippen molar-refractivity contribution >= 4 is 0 Å². The van der Waals surface area contributed by atoms with E-state index in [0.29, 0.717) is 37.7 Å². The first-order chi connectivity index (χ1) is 14.6. The van der Waals surface area contributed by atoms with Gasteiger partial charge in [0.15, 0.2) is 11.5 Å². The fraction of sp³-hybridized carbons (Fsp3) is 0.478. The van der Waals surface area contributed by atoms with Crippen molar-refractivity contribution in [2.45, 2.75) is 44.2 Å². The Labute approximate surface area is 175 Å². The summed E-state index contributed by atoms with van der Waals surface area (Å²) in [5.74, 6) is 2.19. The lowest BCUT2D eigenvalue weighted by Crippen LogP contribution is -2.47. The van der Waals surface area contributed by atoms with E-state index >= 15 is 0 Å². The van der Waals surface area contributed by atoms with Crippen molar-refractivity contribution in [2.75, 3.05) is 26.4 Å². The van der Waals surface area contributed by atoms with Gasteiger partial charge in [-0.15, -0.1) is 0 Å². The average molecular weight is 416 g/mol. The first-order valence-corrected chi connectivity index (χ1v) is 10.4. The highest BCUT2D eigenvalue weighted by molar-refractivity contribution is 5.52. The molecule has 0 spiro atoms. The van der Waals surface area contributed by atoms with E-state index in [1.807, 2.05) is 43.3 Å². The van der Waals surface area contributed by atoms with Crippen LogP contribution in [-0.4, -0.2) is 60.1 Å². The third-order valence-corrected chi connectivity index (χ3v) is 5.49. The molecule has 4 rings (SSSR count). The van der Waals surface area contributed by atoms with Crippen LogP contribution in [0.15, 0.2) is 36.4 Å². The molecule has 7 nitrogen and oxygen atoms in total. The third kappa shape index (κ3) is 4.39. The van der Waals surface area contributed by atoms with Gasteiger partial charge >= 0.3 is 0 Å².